The quantitative estimate of drug-likeness (QED) is 0.156. The zero-order valence-electron chi connectivity index (χ0n) is 40.3. The molecule has 9 rings (SSSR count). The number of furan rings is 1. The predicted molar refractivity (Wildman–Crippen MR) is 319 cm³/mol. The summed E-state index contributed by atoms with van der Waals surface area (Å²) in [4.78, 5) is 15.6. The second-order valence-electron chi connectivity index (χ2n) is 18.3. The van der Waals surface area contributed by atoms with Crippen molar-refractivity contribution < 1.29 is 4.42 Å². The van der Waals surface area contributed by atoms with Crippen molar-refractivity contribution in [3.8, 4) is 73.6 Å². The zero-order valence-corrected chi connectivity index (χ0v) is 40.3. The number of fused-ring (bicyclic) bond motifs is 3. The highest BCUT2D eigenvalue weighted by Gasteiger charge is 2.24. The Labute approximate surface area is 394 Å². The molecule has 2 aromatic heterocycles. The van der Waals surface area contributed by atoms with Crippen LogP contribution in [0.1, 0.15) is 5.56 Å². The first-order valence-electron chi connectivity index (χ1n) is 22.6. The molecule has 0 unspecified atom stereocenters. The van der Waals surface area contributed by atoms with E-state index in [1.54, 1.807) is 0 Å². The SMILES string of the molecule is Bc1c(B)c(B)c(-c2nc(-c3ccc(-c4cccc(C#N)c4)cc3)nc(-c3ccc4c(c3)oc3cccc(-c5c(B)c(B)c(-c6c(B)c(B)c(B)c(B)c6B)c(B)c5B)c34)n2)c(B)c1B. The number of nitriles is 1. The lowest BCUT2D eigenvalue weighted by Gasteiger charge is -2.27. The molecule has 0 aliphatic heterocycles. The van der Waals surface area contributed by atoms with Crippen molar-refractivity contribution in [3.63, 3.8) is 0 Å². The summed E-state index contributed by atoms with van der Waals surface area (Å²) in [5, 5.41) is 11.7. The average molecular weight is 818 g/mol. The normalized spacial score (nSPS) is 11.3. The van der Waals surface area contributed by atoms with Crippen molar-refractivity contribution in [1.82, 2.24) is 15.0 Å². The Hall–Kier alpha value is -6.25. The summed E-state index contributed by atoms with van der Waals surface area (Å²) in [6.07, 6.45) is 0. The zero-order chi connectivity index (χ0) is 46.3. The number of hydrogen-bond donors (Lipinski definition) is 0. The molecule has 7 aromatic carbocycles. The molecule has 0 saturated carbocycles. The molecule has 2 heterocycles. The average Bonchev–Trinajstić information content (AvgIpc) is 3.70. The summed E-state index contributed by atoms with van der Waals surface area (Å²) in [5.41, 5.74) is 30.4. The van der Waals surface area contributed by atoms with E-state index in [0.717, 1.165) is 49.8 Å². The molecule has 0 atom stereocenters. The Morgan fingerprint density at radius 2 is 0.815 bits per heavy atom. The molecule has 19 heteroatoms. The van der Waals surface area contributed by atoms with Crippen LogP contribution in [0.15, 0.2) is 89.3 Å². The molecular formula is C46H42B14N4O. The fourth-order valence-corrected chi connectivity index (χ4v) is 10.3. The first-order valence-corrected chi connectivity index (χ1v) is 22.6. The Morgan fingerprint density at radius 1 is 0.369 bits per heavy atom. The third kappa shape index (κ3) is 7.12. The van der Waals surface area contributed by atoms with Gasteiger partial charge in [0.2, 0.25) is 0 Å². The first-order chi connectivity index (χ1) is 31.0. The minimum Gasteiger partial charge on any atom is -0.456 e. The summed E-state index contributed by atoms with van der Waals surface area (Å²) in [6.45, 7) is 0. The highest BCUT2D eigenvalue weighted by molar-refractivity contribution is 6.71. The van der Waals surface area contributed by atoms with Gasteiger partial charge in [-0.3, -0.25) is 0 Å². The van der Waals surface area contributed by atoms with E-state index in [9.17, 15) is 5.26 Å². The molecule has 0 N–H and O–H groups in total. The number of benzene rings is 7. The maximum Gasteiger partial charge on any atom is 0.164 e. The van der Waals surface area contributed by atoms with Gasteiger partial charge in [-0.25, -0.2) is 15.0 Å². The molecular weight excluding hydrogens is 776 g/mol. The van der Waals surface area contributed by atoms with Crippen LogP contribution in [0.25, 0.3) is 89.5 Å². The maximum absolute atomic E-state index is 9.52. The number of hydrogen-bond acceptors (Lipinski definition) is 5. The van der Waals surface area contributed by atoms with Crippen molar-refractivity contribution >= 4 is 208 Å². The van der Waals surface area contributed by atoms with E-state index in [0.29, 0.717) is 23.0 Å². The van der Waals surface area contributed by atoms with Crippen LogP contribution < -0.4 is 76.5 Å². The molecule has 0 bridgehead atoms. The molecule has 9 aromatic rings. The molecule has 0 amide bonds. The van der Waals surface area contributed by atoms with Crippen LogP contribution in [0, 0.1) is 11.3 Å². The van der Waals surface area contributed by atoms with Crippen molar-refractivity contribution in [3.05, 3.63) is 90.5 Å². The number of nitrogens with zero attached hydrogens (tertiary/aromatic N) is 4. The van der Waals surface area contributed by atoms with Gasteiger partial charge in [0, 0.05) is 27.5 Å². The van der Waals surface area contributed by atoms with Gasteiger partial charge in [-0.1, -0.05) is 98.3 Å². The summed E-state index contributed by atoms with van der Waals surface area (Å²) >= 11 is 0. The topological polar surface area (TPSA) is 75.6 Å². The lowest BCUT2D eigenvalue weighted by atomic mass is 9.56. The molecule has 0 saturated heterocycles. The van der Waals surface area contributed by atoms with E-state index in [1.807, 2.05) is 24.3 Å². The van der Waals surface area contributed by atoms with Gasteiger partial charge in [-0.15, -0.1) is 32.8 Å². The summed E-state index contributed by atoms with van der Waals surface area (Å²) in [5.74, 6) is 1.81. The van der Waals surface area contributed by atoms with Gasteiger partial charge in [-0.05, 0) is 63.7 Å². The van der Waals surface area contributed by atoms with Gasteiger partial charge < -0.3 is 4.42 Å². The minimum atomic E-state index is 0.578. The monoisotopic (exact) mass is 820 g/mol. The van der Waals surface area contributed by atoms with Crippen LogP contribution in [-0.4, -0.2) is 125 Å². The molecule has 5 nitrogen and oxygen atoms in total. The second-order valence-corrected chi connectivity index (χ2v) is 18.3. The van der Waals surface area contributed by atoms with E-state index in [1.165, 1.54) is 98.7 Å². The largest absolute Gasteiger partial charge is 0.456 e. The Balaban J connectivity index is 1.21. The summed E-state index contributed by atoms with van der Waals surface area (Å²) in [7, 11) is 31.4. The van der Waals surface area contributed by atoms with E-state index in [-0.39, 0.29) is 0 Å². The van der Waals surface area contributed by atoms with Gasteiger partial charge in [-0.2, -0.15) is 5.26 Å². The molecule has 0 radical (unpaired) electrons. The number of aromatic nitrogens is 3. The van der Waals surface area contributed by atoms with Crippen molar-refractivity contribution in [1.29, 1.82) is 5.26 Å². The molecule has 0 spiro atoms. The van der Waals surface area contributed by atoms with Crippen LogP contribution >= 0.6 is 0 Å². The highest BCUT2D eigenvalue weighted by atomic mass is 16.3. The lowest BCUT2D eigenvalue weighted by molar-refractivity contribution is 0.669. The van der Waals surface area contributed by atoms with Crippen LogP contribution in [0.5, 0.6) is 0 Å². The van der Waals surface area contributed by atoms with Crippen molar-refractivity contribution in [2.45, 2.75) is 0 Å². The fraction of sp³-hybridized carbons (Fsp3) is 0. The van der Waals surface area contributed by atoms with Gasteiger partial charge >= 0.3 is 0 Å². The Kier molecular flexibility index (Phi) is 11.3. The second kappa shape index (κ2) is 16.6. The van der Waals surface area contributed by atoms with Crippen LogP contribution in [0.4, 0.5) is 0 Å². The van der Waals surface area contributed by atoms with Gasteiger partial charge in [0.15, 0.2) is 17.5 Å². The molecule has 0 aliphatic rings. The van der Waals surface area contributed by atoms with E-state index >= 15 is 0 Å². The molecule has 0 aliphatic carbocycles. The molecule has 0 fully saturated rings. The van der Waals surface area contributed by atoms with E-state index in [4.69, 9.17) is 19.4 Å². The third-order valence-electron chi connectivity index (χ3n) is 15.2. The van der Waals surface area contributed by atoms with E-state index in [2.05, 4.69) is 177 Å². The maximum atomic E-state index is 9.52. The fourth-order valence-electron chi connectivity index (χ4n) is 10.3. The van der Waals surface area contributed by atoms with Gasteiger partial charge in [0.1, 0.15) is 121 Å². The van der Waals surface area contributed by atoms with Crippen LogP contribution in [0.3, 0.4) is 0 Å². The van der Waals surface area contributed by atoms with Crippen LogP contribution in [0.2, 0.25) is 0 Å². The molecule has 65 heavy (non-hydrogen) atoms. The Morgan fingerprint density at radius 3 is 1.38 bits per heavy atom. The van der Waals surface area contributed by atoms with Crippen molar-refractivity contribution in [2.24, 2.45) is 0 Å². The standard InChI is InChI=1S/C46H42B14N4O/c47-30-26(31(48)33(50)27(32(30)49)28-34(51)38(55)42(59)39(56)35(28)52)22-5-2-6-23-25(22)21-12-11-20(14-24(21)65-23)45-62-44(18-9-7-17(8-10-18)19-4-1-3-16(13-19)15-61)63-46(64-45)29-36(53)40(57)43(60)41(58)37(29)54/h1-14H,47-60H2. The predicted octanol–water partition coefficient (Wildman–Crippen LogP) is -12.7. The summed E-state index contributed by atoms with van der Waals surface area (Å²) < 4.78 is 6.77. The lowest BCUT2D eigenvalue weighted by Crippen LogP contribution is -2.57. The highest BCUT2D eigenvalue weighted by Crippen LogP contribution is 2.37. The Bertz CT molecular complexity index is 3480. The first kappa shape index (κ1) is 44.0. The molecule has 294 valence electrons. The van der Waals surface area contributed by atoms with Crippen LogP contribution in [-0.2, 0) is 0 Å². The third-order valence-corrected chi connectivity index (χ3v) is 15.2. The minimum absolute atomic E-state index is 0.578. The van der Waals surface area contributed by atoms with E-state index < -0.39 is 0 Å². The number of rotatable bonds is 6. The summed E-state index contributed by atoms with van der Waals surface area (Å²) in [6, 6.07) is 31.0. The van der Waals surface area contributed by atoms with Gasteiger partial charge in [0.25, 0.3) is 0 Å². The van der Waals surface area contributed by atoms with Gasteiger partial charge in [0.05, 0.1) is 11.6 Å². The van der Waals surface area contributed by atoms with Crippen molar-refractivity contribution in [2.75, 3.05) is 0 Å². The smallest absolute Gasteiger partial charge is 0.164 e.